The Balaban J connectivity index is 3.97. The van der Waals surface area contributed by atoms with Gasteiger partial charge in [0.15, 0.2) is 0 Å². The number of ether oxygens (including phenoxy) is 1. The van der Waals surface area contributed by atoms with E-state index in [9.17, 15) is 4.79 Å². The molecule has 0 aromatic rings. The molecule has 0 atom stereocenters. The maximum Gasteiger partial charge on any atom is 0.407 e. The summed E-state index contributed by atoms with van der Waals surface area (Å²) in [5.74, 6) is 0. The minimum Gasteiger partial charge on any atom is -0.444 e. The zero-order chi connectivity index (χ0) is 23.9. The molecule has 0 unspecified atom stereocenters. The Morgan fingerprint density at radius 2 is 1.00 bits per heavy atom. The van der Waals surface area contributed by atoms with Crippen molar-refractivity contribution in [3.63, 3.8) is 0 Å². The molecule has 4 heteroatoms. The number of nitrogens with zero attached hydrogens (tertiary/aromatic N) is 1. The molecule has 1 amide bonds. The first-order valence-corrected chi connectivity index (χ1v) is 14.1. The highest BCUT2D eigenvalue weighted by Gasteiger charge is 2.15. The first-order chi connectivity index (χ1) is 15.4. The molecule has 1 N–H and O–H groups in total. The molecule has 192 valence electrons. The van der Waals surface area contributed by atoms with Crippen molar-refractivity contribution in [1.82, 2.24) is 10.2 Å². The molecule has 0 aromatic carbocycles. The Kier molecular flexibility index (Phi) is 21.5. The topological polar surface area (TPSA) is 41.6 Å². The van der Waals surface area contributed by atoms with Crippen LogP contribution in [0.4, 0.5) is 4.79 Å². The highest BCUT2D eigenvalue weighted by molar-refractivity contribution is 5.67. The van der Waals surface area contributed by atoms with E-state index in [1.54, 1.807) is 0 Å². The van der Waals surface area contributed by atoms with E-state index >= 15 is 0 Å². The lowest BCUT2D eigenvalue weighted by Gasteiger charge is -2.22. The third kappa shape index (κ3) is 23.9. The van der Waals surface area contributed by atoms with Crippen molar-refractivity contribution in [1.29, 1.82) is 0 Å². The van der Waals surface area contributed by atoms with E-state index < -0.39 is 5.60 Å². The number of hydrogen-bond acceptors (Lipinski definition) is 3. The highest BCUT2D eigenvalue weighted by atomic mass is 16.6. The van der Waals surface area contributed by atoms with Crippen LogP contribution in [-0.4, -0.2) is 42.8 Å². The maximum atomic E-state index is 11.7. The molecule has 0 rings (SSSR count). The van der Waals surface area contributed by atoms with Gasteiger partial charge in [-0.2, -0.15) is 0 Å². The second-order valence-electron chi connectivity index (χ2n) is 10.6. The number of carbonyl (C=O) groups excluding carboxylic acids is 1. The van der Waals surface area contributed by atoms with Crippen molar-refractivity contribution in [3.05, 3.63) is 0 Å². The zero-order valence-electron chi connectivity index (χ0n) is 22.6. The summed E-state index contributed by atoms with van der Waals surface area (Å²) in [4.78, 5) is 14.4. The summed E-state index contributed by atoms with van der Waals surface area (Å²) in [5.41, 5.74) is -0.420. The van der Waals surface area contributed by atoms with Crippen LogP contribution in [0.15, 0.2) is 0 Å². The van der Waals surface area contributed by atoms with Gasteiger partial charge in [-0.1, -0.05) is 97.3 Å². The summed E-state index contributed by atoms with van der Waals surface area (Å²) in [6.07, 6.45) is 22.5. The van der Waals surface area contributed by atoms with Gasteiger partial charge >= 0.3 is 6.09 Å². The molecule has 0 aromatic heterocycles. The van der Waals surface area contributed by atoms with Gasteiger partial charge in [0.05, 0.1) is 0 Å². The lowest BCUT2D eigenvalue weighted by atomic mass is 10.1. The number of amides is 1. The van der Waals surface area contributed by atoms with Crippen molar-refractivity contribution in [2.45, 2.75) is 149 Å². The summed E-state index contributed by atoms with van der Waals surface area (Å²) in [5, 5.41) is 2.88. The van der Waals surface area contributed by atoms with Gasteiger partial charge in [0.2, 0.25) is 0 Å². The monoisotopic (exact) mass is 454 g/mol. The average molecular weight is 455 g/mol. The van der Waals surface area contributed by atoms with E-state index in [4.69, 9.17) is 4.74 Å². The maximum absolute atomic E-state index is 11.7. The fourth-order valence-electron chi connectivity index (χ4n) is 4.06. The summed E-state index contributed by atoms with van der Waals surface area (Å²) < 4.78 is 5.30. The van der Waals surface area contributed by atoms with Gasteiger partial charge < -0.3 is 15.0 Å². The molecule has 0 saturated heterocycles. The first-order valence-electron chi connectivity index (χ1n) is 14.1. The van der Waals surface area contributed by atoms with Crippen molar-refractivity contribution in [3.8, 4) is 0 Å². The molecule has 32 heavy (non-hydrogen) atoms. The van der Waals surface area contributed by atoms with Crippen molar-refractivity contribution >= 4 is 6.09 Å². The predicted molar refractivity (Wildman–Crippen MR) is 141 cm³/mol. The van der Waals surface area contributed by atoms with Gasteiger partial charge in [-0.3, -0.25) is 0 Å². The van der Waals surface area contributed by atoms with Crippen LogP contribution in [0.1, 0.15) is 144 Å². The van der Waals surface area contributed by atoms with Crippen LogP contribution in [0.5, 0.6) is 0 Å². The Hall–Kier alpha value is -0.770. The number of alkyl carbamates (subject to hydrolysis) is 1. The van der Waals surface area contributed by atoms with Crippen LogP contribution < -0.4 is 5.32 Å². The van der Waals surface area contributed by atoms with Gasteiger partial charge in [-0.25, -0.2) is 4.79 Å². The Labute approximate surface area is 201 Å². The molecule has 0 bridgehead atoms. The average Bonchev–Trinajstić information content (AvgIpc) is 2.72. The van der Waals surface area contributed by atoms with E-state index in [0.717, 1.165) is 6.42 Å². The molecule has 0 radical (unpaired) electrons. The zero-order valence-corrected chi connectivity index (χ0v) is 22.6. The largest absolute Gasteiger partial charge is 0.444 e. The van der Waals surface area contributed by atoms with Crippen LogP contribution in [0, 0.1) is 0 Å². The fourth-order valence-corrected chi connectivity index (χ4v) is 4.06. The smallest absolute Gasteiger partial charge is 0.407 e. The van der Waals surface area contributed by atoms with Crippen LogP contribution >= 0.6 is 0 Å². The molecule has 0 saturated carbocycles. The van der Waals surface area contributed by atoms with Crippen LogP contribution in [0.3, 0.4) is 0 Å². The van der Waals surface area contributed by atoms with E-state index in [0.29, 0.717) is 6.54 Å². The Morgan fingerprint density at radius 1 is 0.625 bits per heavy atom. The number of rotatable bonds is 22. The summed E-state index contributed by atoms with van der Waals surface area (Å²) in [6.45, 7) is 14.7. The third-order valence-corrected chi connectivity index (χ3v) is 5.98. The fraction of sp³-hybridized carbons (Fsp3) is 0.964. The molecule has 0 heterocycles. The van der Waals surface area contributed by atoms with Crippen LogP contribution in [-0.2, 0) is 4.74 Å². The Bertz CT molecular complexity index is 389. The quantitative estimate of drug-likeness (QED) is 0.167. The first kappa shape index (κ1) is 31.2. The second kappa shape index (κ2) is 22.0. The molecule has 4 nitrogen and oxygen atoms in total. The minimum atomic E-state index is -0.420. The lowest BCUT2D eigenvalue weighted by molar-refractivity contribution is 0.0527. The van der Waals surface area contributed by atoms with Gasteiger partial charge in [0, 0.05) is 6.54 Å². The molecular weight excluding hydrogens is 396 g/mol. The third-order valence-electron chi connectivity index (χ3n) is 5.98. The summed E-state index contributed by atoms with van der Waals surface area (Å²) in [6, 6.07) is 0. The Morgan fingerprint density at radius 3 is 1.41 bits per heavy atom. The van der Waals surface area contributed by atoms with E-state index in [-0.39, 0.29) is 6.09 Å². The van der Waals surface area contributed by atoms with E-state index in [1.807, 2.05) is 20.8 Å². The summed E-state index contributed by atoms with van der Waals surface area (Å²) in [7, 11) is 0. The van der Waals surface area contributed by atoms with Gasteiger partial charge in [-0.05, 0) is 66.1 Å². The van der Waals surface area contributed by atoms with E-state index in [1.165, 1.54) is 122 Å². The van der Waals surface area contributed by atoms with Gasteiger partial charge in [0.25, 0.3) is 0 Å². The lowest BCUT2D eigenvalue weighted by Crippen LogP contribution is -2.33. The van der Waals surface area contributed by atoms with Gasteiger partial charge in [-0.15, -0.1) is 0 Å². The van der Waals surface area contributed by atoms with Crippen LogP contribution in [0.25, 0.3) is 0 Å². The summed E-state index contributed by atoms with van der Waals surface area (Å²) >= 11 is 0. The minimum absolute atomic E-state index is 0.294. The molecule has 0 fully saturated rings. The predicted octanol–water partition coefficient (Wildman–Crippen LogP) is 8.48. The highest BCUT2D eigenvalue weighted by Crippen LogP contribution is 2.11. The number of hydrogen-bond donors (Lipinski definition) is 1. The standard InChI is InChI=1S/C28H58N2O2/c1-6-8-10-12-14-16-20-24-30(25-21-17-15-13-11-9-7-2)26-22-18-19-23-29-27(31)32-28(3,4)5/h6-26H2,1-5H3,(H,29,31). The number of nitrogens with one attached hydrogen (secondary N) is 1. The molecule has 0 aliphatic heterocycles. The number of unbranched alkanes of at least 4 members (excludes halogenated alkanes) is 14. The van der Waals surface area contributed by atoms with Crippen molar-refractivity contribution in [2.24, 2.45) is 0 Å². The molecule has 0 aliphatic rings. The second-order valence-corrected chi connectivity index (χ2v) is 10.6. The molecular formula is C28H58N2O2. The van der Waals surface area contributed by atoms with E-state index in [2.05, 4.69) is 24.1 Å². The van der Waals surface area contributed by atoms with Crippen LogP contribution in [0.2, 0.25) is 0 Å². The SMILES string of the molecule is CCCCCCCCCN(CCCCCCCCC)CCCCCNC(=O)OC(C)(C)C. The van der Waals surface area contributed by atoms with Crippen molar-refractivity contribution in [2.75, 3.05) is 26.2 Å². The number of carbonyl (C=O) groups is 1. The molecule has 0 aliphatic carbocycles. The normalized spacial score (nSPS) is 11.8. The molecule has 0 spiro atoms. The van der Waals surface area contributed by atoms with Gasteiger partial charge in [0.1, 0.15) is 5.60 Å². The van der Waals surface area contributed by atoms with Crippen molar-refractivity contribution < 1.29 is 9.53 Å².